The summed E-state index contributed by atoms with van der Waals surface area (Å²) in [4.78, 5) is 11.8. The third kappa shape index (κ3) is 2.98. The minimum absolute atomic E-state index is 0.186. The summed E-state index contributed by atoms with van der Waals surface area (Å²) >= 11 is 6.96. The van der Waals surface area contributed by atoms with Gasteiger partial charge in [0, 0.05) is 9.92 Å². The number of hydrogen-bond donors (Lipinski definition) is 1. The molecule has 6 heteroatoms. The SMILES string of the molecule is O=C(O)c1sccc1CS(=O)c1cccc(Cl)c1. The highest BCUT2D eigenvalue weighted by Gasteiger charge is 2.14. The van der Waals surface area contributed by atoms with Gasteiger partial charge in [-0.05, 0) is 35.2 Å². The van der Waals surface area contributed by atoms with Gasteiger partial charge in [0.25, 0.3) is 0 Å². The van der Waals surface area contributed by atoms with Crippen LogP contribution in [0.4, 0.5) is 0 Å². The number of thiophene rings is 1. The second kappa shape index (κ2) is 5.65. The average molecular weight is 301 g/mol. The summed E-state index contributed by atoms with van der Waals surface area (Å²) in [5, 5.41) is 11.2. The summed E-state index contributed by atoms with van der Waals surface area (Å²) in [5.74, 6) is -0.797. The van der Waals surface area contributed by atoms with Gasteiger partial charge in [0.1, 0.15) is 4.88 Å². The molecule has 1 aromatic carbocycles. The fraction of sp³-hybridized carbons (Fsp3) is 0.0833. The zero-order valence-corrected chi connectivity index (χ0v) is 11.5. The summed E-state index contributed by atoms with van der Waals surface area (Å²) < 4.78 is 12.1. The molecule has 2 aromatic rings. The lowest BCUT2D eigenvalue weighted by atomic mass is 10.3. The van der Waals surface area contributed by atoms with Gasteiger partial charge in [-0.15, -0.1) is 11.3 Å². The number of hydrogen-bond acceptors (Lipinski definition) is 3. The predicted molar refractivity (Wildman–Crippen MR) is 72.8 cm³/mol. The molecule has 1 aromatic heterocycles. The molecule has 0 bridgehead atoms. The summed E-state index contributed by atoms with van der Waals surface area (Å²) in [6.07, 6.45) is 0. The topological polar surface area (TPSA) is 54.4 Å². The molecule has 3 nitrogen and oxygen atoms in total. The van der Waals surface area contributed by atoms with Gasteiger partial charge < -0.3 is 5.11 Å². The fourth-order valence-electron chi connectivity index (χ4n) is 1.47. The smallest absolute Gasteiger partial charge is 0.346 e. The Balaban J connectivity index is 2.21. The number of aromatic carboxylic acids is 1. The molecule has 94 valence electrons. The highest BCUT2D eigenvalue weighted by Crippen LogP contribution is 2.22. The monoisotopic (exact) mass is 300 g/mol. The van der Waals surface area contributed by atoms with Crippen LogP contribution in [-0.4, -0.2) is 15.3 Å². The van der Waals surface area contributed by atoms with E-state index in [1.165, 1.54) is 0 Å². The highest BCUT2D eigenvalue weighted by molar-refractivity contribution is 7.84. The maximum absolute atomic E-state index is 12.1. The molecule has 0 spiro atoms. The van der Waals surface area contributed by atoms with E-state index in [-0.39, 0.29) is 10.6 Å². The molecule has 0 saturated carbocycles. The zero-order valence-electron chi connectivity index (χ0n) is 9.13. The molecule has 2 rings (SSSR count). The number of carboxylic acid groups (broad SMARTS) is 1. The standard InChI is InChI=1S/C12H9ClO3S2/c13-9-2-1-3-10(6-9)18(16)7-8-4-5-17-11(8)12(14)15/h1-6H,7H2,(H,14,15). The molecule has 1 atom stereocenters. The number of carboxylic acids is 1. The molecule has 18 heavy (non-hydrogen) atoms. The Morgan fingerprint density at radius 1 is 1.39 bits per heavy atom. The van der Waals surface area contributed by atoms with E-state index in [9.17, 15) is 9.00 Å². The van der Waals surface area contributed by atoms with Crippen molar-refractivity contribution in [3.63, 3.8) is 0 Å². The third-order valence-corrected chi connectivity index (χ3v) is 4.82. The number of rotatable bonds is 4. The summed E-state index contributed by atoms with van der Waals surface area (Å²) in [5.41, 5.74) is 0.589. The quantitative estimate of drug-likeness (QED) is 0.941. The van der Waals surface area contributed by atoms with E-state index in [1.54, 1.807) is 35.7 Å². The van der Waals surface area contributed by atoms with Crippen LogP contribution in [0.1, 0.15) is 15.2 Å². The first kappa shape index (κ1) is 13.3. The van der Waals surface area contributed by atoms with Crippen molar-refractivity contribution < 1.29 is 14.1 Å². The van der Waals surface area contributed by atoms with Gasteiger partial charge in [0.05, 0.1) is 16.6 Å². The number of halogens is 1. The van der Waals surface area contributed by atoms with Crippen LogP contribution in [0.15, 0.2) is 40.6 Å². The lowest BCUT2D eigenvalue weighted by Gasteiger charge is -2.02. The Bertz CT molecular complexity index is 607. The second-order valence-corrected chi connectivity index (χ2v) is 6.33. The molecule has 0 radical (unpaired) electrons. The molecule has 0 aliphatic carbocycles. The van der Waals surface area contributed by atoms with Gasteiger partial charge in [-0.2, -0.15) is 0 Å². The van der Waals surface area contributed by atoms with Gasteiger partial charge >= 0.3 is 5.97 Å². The van der Waals surface area contributed by atoms with Gasteiger partial charge in [-0.25, -0.2) is 4.79 Å². The minimum atomic E-state index is -1.29. The van der Waals surface area contributed by atoms with Crippen molar-refractivity contribution in [2.24, 2.45) is 0 Å². The van der Waals surface area contributed by atoms with E-state index in [0.29, 0.717) is 15.5 Å². The Morgan fingerprint density at radius 2 is 2.17 bits per heavy atom. The first-order valence-corrected chi connectivity index (χ1v) is 7.59. The third-order valence-electron chi connectivity index (χ3n) is 2.29. The minimum Gasteiger partial charge on any atom is -0.477 e. The van der Waals surface area contributed by atoms with Crippen molar-refractivity contribution in [1.29, 1.82) is 0 Å². The number of carbonyl (C=O) groups is 1. The Labute approximate surface area is 115 Å². The molecule has 1 unspecified atom stereocenters. The van der Waals surface area contributed by atoms with Crippen LogP contribution in [0.5, 0.6) is 0 Å². The van der Waals surface area contributed by atoms with Gasteiger partial charge in [0.15, 0.2) is 0 Å². The summed E-state index contributed by atoms with van der Waals surface area (Å²) in [7, 11) is -1.29. The van der Waals surface area contributed by atoms with Crippen LogP contribution in [-0.2, 0) is 16.6 Å². The van der Waals surface area contributed by atoms with Crippen LogP contribution < -0.4 is 0 Å². The summed E-state index contributed by atoms with van der Waals surface area (Å²) in [6.45, 7) is 0. The van der Waals surface area contributed by atoms with Crippen LogP contribution in [0.25, 0.3) is 0 Å². The first-order valence-electron chi connectivity index (χ1n) is 5.01. The molecule has 0 amide bonds. The van der Waals surface area contributed by atoms with E-state index < -0.39 is 16.8 Å². The Kier molecular flexibility index (Phi) is 4.16. The van der Waals surface area contributed by atoms with Crippen molar-refractivity contribution in [3.8, 4) is 0 Å². The van der Waals surface area contributed by atoms with E-state index in [2.05, 4.69) is 0 Å². The van der Waals surface area contributed by atoms with Crippen molar-refractivity contribution in [1.82, 2.24) is 0 Å². The van der Waals surface area contributed by atoms with Crippen LogP contribution in [0, 0.1) is 0 Å². The van der Waals surface area contributed by atoms with E-state index >= 15 is 0 Å². The van der Waals surface area contributed by atoms with E-state index in [4.69, 9.17) is 16.7 Å². The zero-order chi connectivity index (χ0) is 13.1. The lowest BCUT2D eigenvalue weighted by Crippen LogP contribution is -2.01. The number of benzene rings is 1. The summed E-state index contributed by atoms with van der Waals surface area (Å²) in [6, 6.07) is 8.46. The van der Waals surface area contributed by atoms with Crippen molar-refractivity contribution in [2.45, 2.75) is 10.6 Å². The molecule has 0 fully saturated rings. The maximum atomic E-state index is 12.1. The largest absolute Gasteiger partial charge is 0.477 e. The van der Waals surface area contributed by atoms with Gasteiger partial charge in [-0.1, -0.05) is 17.7 Å². The predicted octanol–water partition coefficient (Wildman–Crippen LogP) is 3.41. The van der Waals surface area contributed by atoms with Crippen molar-refractivity contribution >= 4 is 39.7 Å². The van der Waals surface area contributed by atoms with E-state index in [0.717, 1.165) is 11.3 Å². The second-order valence-electron chi connectivity index (χ2n) is 3.53. The Morgan fingerprint density at radius 3 is 2.83 bits per heavy atom. The molecular weight excluding hydrogens is 292 g/mol. The first-order chi connectivity index (χ1) is 8.58. The Hall–Kier alpha value is -1.17. The van der Waals surface area contributed by atoms with Crippen molar-refractivity contribution in [2.75, 3.05) is 0 Å². The molecule has 0 aliphatic rings. The van der Waals surface area contributed by atoms with Crippen LogP contribution >= 0.6 is 22.9 Å². The molecule has 1 heterocycles. The van der Waals surface area contributed by atoms with Gasteiger partial charge in [-0.3, -0.25) is 4.21 Å². The normalized spacial score (nSPS) is 12.3. The average Bonchev–Trinajstić information content (AvgIpc) is 2.77. The maximum Gasteiger partial charge on any atom is 0.346 e. The fourth-order valence-corrected chi connectivity index (χ4v) is 3.76. The van der Waals surface area contributed by atoms with Crippen LogP contribution in [0.2, 0.25) is 5.02 Å². The van der Waals surface area contributed by atoms with Gasteiger partial charge in [0.2, 0.25) is 0 Å². The highest BCUT2D eigenvalue weighted by atomic mass is 35.5. The van der Waals surface area contributed by atoms with Crippen molar-refractivity contribution in [3.05, 3.63) is 51.2 Å². The van der Waals surface area contributed by atoms with Crippen LogP contribution in [0.3, 0.4) is 0 Å². The van der Waals surface area contributed by atoms with E-state index in [1.807, 2.05) is 0 Å². The molecule has 0 saturated heterocycles. The molecule has 1 N–H and O–H groups in total. The molecule has 0 aliphatic heterocycles. The molecular formula is C12H9ClO3S2. The lowest BCUT2D eigenvalue weighted by molar-refractivity contribution is 0.0701.